The van der Waals surface area contributed by atoms with Crippen molar-refractivity contribution in [2.45, 2.75) is 85.1 Å². The molecule has 134 valence electrons. The van der Waals surface area contributed by atoms with Crippen LogP contribution in [0.3, 0.4) is 0 Å². The van der Waals surface area contributed by atoms with Gasteiger partial charge in [-0.25, -0.2) is 4.98 Å². The molecule has 2 N–H and O–H groups in total. The molecule has 1 heterocycles. The lowest BCUT2D eigenvalue weighted by Crippen LogP contribution is -2.02. The number of hydrogen-bond donors (Lipinski definition) is 1. The number of rotatable bonds is 11. The number of fused-ring (bicyclic) bond motifs is 1. The van der Waals surface area contributed by atoms with Crippen LogP contribution in [0.1, 0.15) is 75.2 Å². The number of aryl methyl sites for hydroxylation is 4. The minimum atomic E-state index is 0.845. The smallest absolute Gasteiger partial charge is 0.109 e. The van der Waals surface area contributed by atoms with E-state index in [-0.39, 0.29) is 0 Å². The largest absolute Gasteiger partial charge is 0.330 e. The fourth-order valence-corrected chi connectivity index (χ4v) is 3.46. The molecule has 1 aromatic heterocycles. The van der Waals surface area contributed by atoms with Crippen LogP contribution in [-0.4, -0.2) is 16.1 Å². The number of benzene rings is 1. The zero-order chi connectivity index (χ0) is 17.4. The number of nitrogens with zero attached hydrogens (tertiary/aromatic N) is 2. The Morgan fingerprint density at radius 3 is 2.08 bits per heavy atom. The van der Waals surface area contributed by atoms with Crippen LogP contribution in [-0.2, 0) is 13.0 Å². The van der Waals surface area contributed by atoms with E-state index in [4.69, 9.17) is 10.7 Å². The summed E-state index contributed by atoms with van der Waals surface area (Å²) in [7, 11) is 0. The van der Waals surface area contributed by atoms with Crippen molar-refractivity contribution in [1.82, 2.24) is 9.55 Å². The van der Waals surface area contributed by atoms with Crippen LogP contribution < -0.4 is 5.73 Å². The van der Waals surface area contributed by atoms with Crippen molar-refractivity contribution in [3.8, 4) is 0 Å². The van der Waals surface area contributed by atoms with Crippen molar-refractivity contribution in [3.05, 3.63) is 29.1 Å². The molecule has 1 aromatic carbocycles. The number of nitrogens with two attached hydrogens (primary N) is 1. The number of hydrogen-bond acceptors (Lipinski definition) is 2. The third-order valence-electron chi connectivity index (χ3n) is 5.11. The third-order valence-corrected chi connectivity index (χ3v) is 5.11. The predicted molar refractivity (Wildman–Crippen MR) is 105 cm³/mol. The van der Waals surface area contributed by atoms with E-state index in [1.807, 2.05) is 0 Å². The molecular weight excluding hydrogens is 294 g/mol. The molecule has 0 fully saturated rings. The molecule has 0 bridgehead atoms. The zero-order valence-corrected chi connectivity index (χ0v) is 15.9. The average molecular weight is 330 g/mol. The summed E-state index contributed by atoms with van der Waals surface area (Å²) >= 11 is 0. The first-order valence-corrected chi connectivity index (χ1v) is 9.83. The Morgan fingerprint density at radius 1 is 0.875 bits per heavy atom. The van der Waals surface area contributed by atoms with Crippen molar-refractivity contribution in [2.24, 2.45) is 5.73 Å². The van der Waals surface area contributed by atoms with Gasteiger partial charge in [0.25, 0.3) is 0 Å². The minimum absolute atomic E-state index is 0.845. The molecule has 0 unspecified atom stereocenters. The van der Waals surface area contributed by atoms with Crippen LogP contribution in [0.25, 0.3) is 11.0 Å². The highest BCUT2D eigenvalue weighted by Crippen LogP contribution is 2.22. The van der Waals surface area contributed by atoms with E-state index in [9.17, 15) is 0 Å². The highest BCUT2D eigenvalue weighted by Gasteiger charge is 2.10. The van der Waals surface area contributed by atoms with Gasteiger partial charge in [0.1, 0.15) is 5.82 Å². The Bertz CT molecular complexity index is 628. The monoisotopic (exact) mass is 329 g/mol. The van der Waals surface area contributed by atoms with Gasteiger partial charge in [0.15, 0.2) is 0 Å². The fourth-order valence-electron chi connectivity index (χ4n) is 3.46. The van der Waals surface area contributed by atoms with E-state index in [2.05, 4.69) is 37.5 Å². The Hall–Kier alpha value is -1.35. The Kier molecular flexibility index (Phi) is 7.77. The SMILES string of the molecule is CCn1c(CCCCCCCCCCN)nc2cc(C)c(C)cc21. The molecule has 0 aliphatic carbocycles. The predicted octanol–water partition coefficient (Wildman–Crippen LogP) is 5.30. The normalized spacial score (nSPS) is 11.5. The van der Waals surface area contributed by atoms with Crippen molar-refractivity contribution in [3.63, 3.8) is 0 Å². The van der Waals surface area contributed by atoms with Gasteiger partial charge in [-0.15, -0.1) is 0 Å². The van der Waals surface area contributed by atoms with Crippen LogP contribution in [0.5, 0.6) is 0 Å². The molecule has 0 saturated heterocycles. The summed E-state index contributed by atoms with van der Waals surface area (Å²) in [6.45, 7) is 8.44. The Balaban J connectivity index is 1.80. The highest BCUT2D eigenvalue weighted by molar-refractivity contribution is 5.78. The molecule has 3 heteroatoms. The Labute approximate surface area is 147 Å². The first-order chi connectivity index (χ1) is 11.7. The van der Waals surface area contributed by atoms with E-state index in [0.717, 1.165) is 25.0 Å². The quantitative estimate of drug-likeness (QED) is 0.569. The molecule has 0 saturated carbocycles. The van der Waals surface area contributed by atoms with E-state index in [1.165, 1.54) is 73.8 Å². The third kappa shape index (κ3) is 5.07. The summed E-state index contributed by atoms with van der Waals surface area (Å²) in [5, 5.41) is 0. The van der Waals surface area contributed by atoms with Gasteiger partial charge in [0, 0.05) is 13.0 Å². The second-order valence-electron chi connectivity index (χ2n) is 7.06. The highest BCUT2D eigenvalue weighted by atomic mass is 15.1. The molecule has 0 radical (unpaired) electrons. The molecular formula is C21H35N3. The van der Waals surface area contributed by atoms with Gasteiger partial charge in [0.05, 0.1) is 11.0 Å². The first kappa shape index (κ1) is 19.0. The molecule has 0 spiro atoms. The Morgan fingerprint density at radius 2 is 1.46 bits per heavy atom. The van der Waals surface area contributed by atoms with E-state index < -0.39 is 0 Å². The summed E-state index contributed by atoms with van der Waals surface area (Å²) in [6, 6.07) is 4.54. The summed E-state index contributed by atoms with van der Waals surface area (Å²) in [4.78, 5) is 4.90. The molecule has 3 nitrogen and oxygen atoms in total. The average Bonchev–Trinajstić information content (AvgIpc) is 2.90. The van der Waals surface area contributed by atoms with Crippen molar-refractivity contribution in [2.75, 3.05) is 6.54 Å². The van der Waals surface area contributed by atoms with Crippen molar-refractivity contribution in [1.29, 1.82) is 0 Å². The lowest BCUT2D eigenvalue weighted by molar-refractivity contribution is 0.562. The van der Waals surface area contributed by atoms with Gasteiger partial charge in [0.2, 0.25) is 0 Å². The number of unbranched alkanes of at least 4 members (excludes halogenated alkanes) is 7. The lowest BCUT2D eigenvalue weighted by Gasteiger charge is -2.07. The van der Waals surface area contributed by atoms with E-state index in [0.29, 0.717) is 0 Å². The molecule has 0 atom stereocenters. The van der Waals surface area contributed by atoms with Crippen LogP contribution in [0.2, 0.25) is 0 Å². The molecule has 0 amide bonds. The molecule has 0 aliphatic heterocycles. The van der Waals surface area contributed by atoms with Crippen LogP contribution in [0.4, 0.5) is 0 Å². The second kappa shape index (κ2) is 9.83. The number of imidazole rings is 1. The topological polar surface area (TPSA) is 43.8 Å². The van der Waals surface area contributed by atoms with Crippen LogP contribution in [0, 0.1) is 13.8 Å². The minimum Gasteiger partial charge on any atom is -0.330 e. The summed E-state index contributed by atoms with van der Waals surface area (Å²) in [5.74, 6) is 1.26. The van der Waals surface area contributed by atoms with Crippen molar-refractivity contribution >= 4 is 11.0 Å². The van der Waals surface area contributed by atoms with Gasteiger partial charge < -0.3 is 10.3 Å². The molecule has 2 aromatic rings. The zero-order valence-electron chi connectivity index (χ0n) is 15.9. The van der Waals surface area contributed by atoms with Gasteiger partial charge >= 0.3 is 0 Å². The van der Waals surface area contributed by atoms with E-state index in [1.54, 1.807) is 0 Å². The maximum Gasteiger partial charge on any atom is 0.109 e. The van der Waals surface area contributed by atoms with Gasteiger partial charge in [-0.05, 0) is 63.4 Å². The van der Waals surface area contributed by atoms with Gasteiger partial charge in [-0.3, -0.25) is 0 Å². The second-order valence-corrected chi connectivity index (χ2v) is 7.06. The number of aromatic nitrogens is 2. The maximum absolute atomic E-state index is 5.52. The lowest BCUT2D eigenvalue weighted by atomic mass is 10.1. The summed E-state index contributed by atoms with van der Waals surface area (Å²) in [6.07, 6.45) is 11.6. The van der Waals surface area contributed by atoms with E-state index >= 15 is 0 Å². The molecule has 2 rings (SSSR count). The summed E-state index contributed by atoms with van der Waals surface area (Å²) in [5.41, 5.74) is 10.7. The fraction of sp³-hybridized carbons (Fsp3) is 0.667. The summed E-state index contributed by atoms with van der Waals surface area (Å²) < 4.78 is 2.40. The van der Waals surface area contributed by atoms with Crippen molar-refractivity contribution < 1.29 is 0 Å². The van der Waals surface area contributed by atoms with Gasteiger partial charge in [-0.1, -0.05) is 38.5 Å². The van der Waals surface area contributed by atoms with Gasteiger partial charge in [-0.2, -0.15) is 0 Å². The standard InChI is InChI=1S/C21H35N3/c1-4-24-20-16-18(3)17(2)15-19(20)23-21(24)13-11-9-7-5-6-8-10-12-14-22/h15-16H,4-14,22H2,1-3H3. The molecule has 24 heavy (non-hydrogen) atoms. The molecule has 0 aliphatic rings. The van der Waals surface area contributed by atoms with Crippen LogP contribution in [0.15, 0.2) is 12.1 Å². The first-order valence-electron chi connectivity index (χ1n) is 9.83. The maximum atomic E-state index is 5.52. The van der Waals surface area contributed by atoms with Crippen LogP contribution >= 0.6 is 0 Å².